The van der Waals surface area contributed by atoms with Crippen LogP contribution in [0.3, 0.4) is 0 Å². The molecule has 0 aliphatic heterocycles. The van der Waals surface area contributed by atoms with E-state index in [0.717, 1.165) is 0 Å². The number of nitriles is 1. The molecule has 0 unspecified atom stereocenters. The third kappa shape index (κ3) is 7.14. The lowest BCUT2D eigenvalue weighted by Gasteiger charge is -2.11. The first kappa shape index (κ1) is 25.0. The van der Waals surface area contributed by atoms with Crippen LogP contribution in [0.15, 0.2) is 48.0 Å². The summed E-state index contributed by atoms with van der Waals surface area (Å²) in [6.07, 6.45) is 4.21. The van der Waals surface area contributed by atoms with E-state index in [4.69, 9.17) is 23.7 Å². The summed E-state index contributed by atoms with van der Waals surface area (Å²) in [5.41, 5.74) is 1.03. The molecule has 0 atom stereocenters. The number of carbonyl (C=O) groups excluding carboxylic acids is 2. The van der Waals surface area contributed by atoms with Gasteiger partial charge in [-0.05, 0) is 55.8 Å². The van der Waals surface area contributed by atoms with E-state index in [1.165, 1.54) is 25.3 Å². The van der Waals surface area contributed by atoms with Crippen LogP contribution in [0.5, 0.6) is 23.0 Å². The first-order valence-electron chi connectivity index (χ1n) is 10.1. The lowest BCUT2D eigenvalue weighted by atomic mass is 10.1. The minimum atomic E-state index is -0.715. The van der Waals surface area contributed by atoms with Crippen LogP contribution in [0.25, 0.3) is 12.2 Å². The summed E-state index contributed by atoms with van der Waals surface area (Å²) in [4.78, 5) is 24.2. The van der Waals surface area contributed by atoms with Crippen LogP contribution in [0, 0.1) is 11.3 Å². The molecule has 0 radical (unpaired) electrons. The summed E-state index contributed by atoms with van der Waals surface area (Å²) >= 11 is 0. The summed E-state index contributed by atoms with van der Waals surface area (Å²) in [6, 6.07) is 11.7. The first-order chi connectivity index (χ1) is 15.9. The Morgan fingerprint density at radius 3 is 2.39 bits per heavy atom. The molecule has 8 nitrogen and oxygen atoms in total. The zero-order chi connectivity index (χ0) is 24.2. The van der Waals surface area contributed by atoms with Gasteiger partial charge in [0.1, 0.15) is 23.1 Å². The van der Waals surface area contributed by atoms with E-state index in [9.17, 15) is 14.9 Å². The van der Waals surface area contributed by atoms with Crippen molar-refractivity contribution in [1.29, 1.82) is 5.26 Å². The molecule has 0 fully saturated rings. The van der Waals surface area contributed by atoms with E-state index < -0.39 is 11.9 Å². The summed E-state index contributed by atoms with van der Waals surface area (Å²) < 4.78 is 26.3. The molecule has 0 saturated carbocycles. The number of hydrogen-bond donors (Lipinski definition) is 0. The van der Waals surface area contributed by atoms with E-state index in [2.05, 4.69) is 0 Å². The molecular weight excluding hydrogens is 426 g/mol. The molecule has 0 aliphatic carbocycles. The van der Waals surface area contributed by atoms with Crippen molar-refractivity contribution in [2.24, 2.45) is 0 Å². The Morgan fingerprint density at radius 2 is 1.76 bits per heavy atom. The molecule has 0 heterocycles. The van der Waals surface area contributed by atoms with Crippen LogP contribution in [0.4, 0.5) is 0 Å². The number of carbonyl (C=O) groups is 2. The number of nitrogens with zero attached hydrogens (tertiary/aromatic N) is 1. The van der Waals surface area contributed by atoms with Gasteiger partial charge in [-0.15, -0.1) is 0 Å². The second-order valence-electron chi connectivity index (χ2n) is 6.39. The van der Waals surface area contributed by atoms with Gasteiger partial charge in [-0.1, -0.05) is 6.07 Å². The number of ether oxygens (including phenoxy) is 5. The Balaban J connectivity index is 2.23. The molecule has 0 amide bonds. The van der Waals surface area contributed by atoms with Crippen molar-refractivity contribution in [2.75, 3.05) is 27.4 Å². The molecule has 172 valence electrons. The van der Waals surface area contributed by atoms with Crippen LogP contribution in [0.1, 0.15) is 25.0 Å². The van der Waals surface area contributed by atoms with Crippen molar-refractivity contribution < 1.29 is 33.3 Å². The molecule has 0 spiro atoms. The van der Waals surface area contributed by atoms with Gasteiger partial charge in [0.25, 0.3) is 0 Å². The number of hydrogen-bond acceptors (Lipinski definition) is 8. The Bertz CT molecular complexity index is 1100. The molecule has 33 heavy (non-hydrogen) atoms. The fourth-order valence-electron chi connectivity index (χ4n) is 2.74. The van der Waals surface area contributed by atoms with Crippen LogP contribution in [-0.2, 0) is 14.3 Å². The average molecular weight is 451 g/mol. The van der Waals surface area contributed by atoms with E-state index in [1.54, 1.807) is 57.4 Å². The van der Waals surface area contributed by atoms with Crippen molar-refractivity contribution in [2.45, 2.75) is 13.8 Å². The monoisotopic (exact) mass is 451 g/mol. The zero-order valence-corrected chi connectivity index (χ0v) is 18.9. The molecule has 2 aromatic rings. The number of methoxy groups -OCH3 is 2. The van der Waals surface area contributed by atoms with Crippen LogP contribution >= 0.6 is 0 Å². The van der Waals surface area contributed by atoms with Crippen molar-refractivity contribution >= 4 is 24.1 Å². The molecular formula is C25H25NO7. The van der Waals surface area contributed by atoms with E-state index >= 15 is 0 Å². The maximum absolute atomic E-state index is 12.4. The number of rotatable bonds is 10. The number of benzene rings is 2. The maximum Gasteiger partial charge on any atom is 0.348 e. The minimum absolute atomic E-state index is 0.152. The van der Waals surface area contributed by atoms with Gasteiger partial charge in [0.15, 0.2) is 11.5 Å². The molecule has 2 aromatic carbocycles. The maximum atomic E-state index is 12.4. The third-order valence-corrected chi connectivity index (χ3v) is 4.24. The molecule has 0 aromatic heterocycles. The normalized spacial score (nSPS) is 10.9. The van der Waals surface area contributed by atoms with Crippen molar-refractivity contribution in [3.8, 4) is 29.1 Å². The molecule has 0 saturated heterocycles. The van der Waals surface area contributed by atoms with Crippen LogP contribution in [-0.4, -0.2) is 39.4 Å². The Labute approximate surface area is 192 Å². The van der Waals surface area contributed by atoms with Gasteiger partial charge in [-0.3, -0.25) is 0 Å². The van der Waals surface area contributed by atoms with Gasteiger partial charge in [0.2, 0.25) is 0 Å². The predicted octanol–water partition coefficient (Wildman–Crippen LogP) is 4.19. The highest BCUT2D eigenvalue weighted by atomic mass is 16.6. The van der Waals surface area contributed by atoms with Gasteiger partial charge >= 0.3 is 11.9 Å². The van der Waals surface area contributed by atoms with Crippen LogP contribution in [0.2, 0.25) is 0 Å². The van der Waals surface area contributed by atoms with Gasteiger partial charge < -0.3 is 23.7 Å². The van der Waals surface area contributed by atoms with Gasteiger partial charge in [-0.25, -0.2) is 9.59 Å². The quantitative estimate of drug-likeness (QED) is 0.229. The second-order valence-corrected chi connectivity index (χ2v) is 6.39. The largest absolute Gasteiger partial charge is 0.497 e. The average Bonchev–Trinajstić information content (AvgIpc) is 2.82. The lowest BCUT2D eigenvalue weighted by molar-refractivity contribution is -0.138. The van der Waals surface area contributed by atoms with E-state index in [0.29, 0.717) is 29.2 Å². The Kier molecular flexibility index (Phi) is 9.53. The minimum Gasteiger partial charge on any atom is -0.497 e. The third-order valence-electron chi connectivity index (χ3n) is 4.24. The summed E-state index contributed by atoms with van der Waals surface area (Å²) in [5.74, 6) is 0.314. The van der Waals surface area contributed by atoms with Crippen molar-refractivity contribution in [3.05, 3.63) is 59.2 Å². The smallest absolute Gasteiger partial charge is 0.348 e. The second kappa shape index (κ2) is 12.6. The highest BCUT2D eigenvalue weighted by molar-refractivity contribution is 5.98. The molecule has 8 heteroatoms. The zero-order valence-electron chi connectivity index (χ0n) is 18.9. The fourth-order valence-corrected chi connectivity index (χ4v) is 2.74. The topological polar surface area (TPSA) is 104 Å². The van der Waals surface area contributed by atoms with Crippen LogP contribution < -0.4 is 18.9 Å². The van der Waals surface area contributed by atoms with E-state index in [-0.39, 0.29) is 23.7 Å². The van der Waals surface area contributed by atoms with Crippen molar-refractivity contribution in [1.82, 2.24) is 0 Å². The van der Waals surface area contributed by atoms with E-state index in [1.807, 2.05) is 6.07 Å². The van der Waals surface area contributed by atoms with Crippen molar-refractivity contribution in [3.63, 3.8) is 0 Å². The summed E-state index contributed by atoms with van der Waals surface area (Å²) in [7, 11) is 3.07. The van der Waals surface area contributed by atoms with Gasteiger partial charge in [-0.2, -0.15) is 5.26 Å². The first-order valence-corrected chi connectivity index (χ1v) is 10.1. The Morgan fingerprint density at radius 1 is 0.970 bits per heavy atom. The van der Waals surface area contributed by atoms with Gasteiger partial charge in [0, 0.05) is 17.7 Å². The predicted molar refractivity (Wildman–Crippen MR) is 122 cm³/mol. The fraction of sp³-hybridized carbons (Fsp3) is 0.240. The standard InChI is InChI=1S/C25H25NO7/c1-5-31-23-14-17(13-19(16-26)25(28)32-6-2)7-11-21(23)33-24(27)12-9-18-8-10-20(29-3)15-22(18)30-4/h7-15H,5-6H2,1-4H3/b12-9+,19-13+. The molecule has 0 N–H and O–H groups in total. The highest BCUT2D eigenvalue weighted by Gasteiger charge is 2.13. The summed E-state index contributed by atoms with van der Waals surface area (Å²) in [5, 5.41) is 9.21. The molecule has 0 aliphatic rings. The summed E-state index contributed by atoms with van der Waals surface area (Å²) in [6.45, 7) is 3.91. The SMILES string of the molecule is CCOC(=O)/C(C#N)=C/c1ccc(OC(=O)/C=C/c2ccc(OC)cc2OC)c(OCC)c1. The molecule has 0 bridgehead atoms. The Hall–Kier alpha value is -4.25. The molecule has 2 rings (SSSR count). The highest BCUT2D eigenvalue weighted by Crippen LogP contribution is 2.30. The number of esters is 2. The van der Waals surface area contributed by atoms with Gasteiger partial charge in [0.05, 0.1) is 27.4 Å². The lowest BCUT2D eigenvalue weighted by Crippen LogP contribution is -2.07.